The molecule has 0 amide bonds. The summed E-state index contributed by atoms with van der Waals surface area (Å²) in [6, 6.07) is 46.6. The number of aryl methyl sites for hydroxylation is 1. The van der Waals surface area contributed by atoms with Gasteiger partial charge in [-0.15, -0.1) is 0 Å². The standard InChI is InChI=1S/C32H24/c1-23-16-21-29-28-14-8-9-15-30(28)32(31(29)22-23,26-12-6-3-7-13-26)27-19-17-25(18-20-27)24-10-4-2-5-11-24/h2-22H,1H3. The predicted molar refractivity (Wildman–Crippen MR) is 134 cm³/mol. The Hall–Kier alpha value is -3.90. The maximum atomic E-state index is 2.38. The van der Waals surface area contributed by atoms with Crippen LogP contribution >= 0.6 is 0 Å². The van der Waals surface area contributed by atoms with E-state index in [1.54, 1.807) is 0 Å². The maximum Gasteiger partial charge on any atom is 0.0713 e. The zero-order valence-corrected chi connectivity index (χ0v) is 18.1. The highest BCUT2D eigenvalue weighted by Gasteiger charge is 2.45. The van der Waals surface area contributed by atoms with Crippen LogP contribution in [0.3, 0.4) is 0 Å². The van der Waals surface area contributed by atoms with Gasteiger partial charge in [0.15, 0.2) is 0 Å². The highest BCUT2D eigenvalue weighted by Crippen LogP contribution is 2.56. The van der Waals surface area contributed by atoms with Crippen molar-refractivity contribution in [3.63, 3.8) is 0 Å². The highest BCUT2D eigenvalue weighted by molar-refractivity contribution is 5.86. The number of rotatable bonds is 3. The lowest BCUT2D eigenvalue weighted by atomic mass is 9.67. The second kappa shape index (κ2) is 7.35. The third-order valence-electron chi connectivity index (χ3n) is 6.83. The quantitative estimate of drug-likeness (QED) is 0.278. The topological polar surface area (TPSA) is 0 Å². The molecule has 0 nitrogen and oxygen atoms in total. The molecule has 0 fully saturated rings. The number of hydrogen-bond acceptors (Lipinski definition) is 0. The molecule has 0 N–H and O–H groups in total. The molecule has 0 aromatic heterocycles. The number of hydrogen-bond donors (Lipinski definition) is 0. The summed E-state index contributed by atoms with van der Waals surface area (Å²) in [4.78, 5) is 0. The van der Waals surface area contributed by atoms with E-state index in [1.807, 2.05) is 0 Å². The molecule has 0 bridgehead atoms. The second-order valence-corrected chi connectivity index (χ2v) is 8.65. The van der Waals surface area contributed by atoms with Gasteiger partial charge in [-0.1, -0.05) is 133 Å². The maximum absolute atomic E-state index is 2.38. The molecular weight excluding hydrogens is 384 g/mol. The van der Waals surface area contributed by atoms with Crippen molar-refractivity contribution in [3.8, 4) is 22.3 Å². The molecule has 0 aliphatic heterocycles. The van der Waals surface area contributed by atoms with Crippen molar-refractivity contribution >= 4 is 0 Å². The van der Waals surface area contributed by atoms with Gasteiger partial charge in [-0.25, -0.2) is 0 Å². The van der Waals surface area contributed by atoms with E-state index in [0.29, 0.717) is 0 Å². The van der Waals surface area contributed by atoms with Crippen LogP contribution in [-0.2, 0) is 5.41 Å². The van der Waals surface area contributed by atoms with Crippen molar-refractivity contribution in [3.05, 3.63) is 155 Å². The van der Waals surface area contributed by atoms with Gasteiger partial charge in [0.2, 0.25) is 0 Å². The molecule has 0 radical (unpaired) electrons. The van der Waals surface area contributed by atoms with Crippen LogP contribution in [0.2, 0.25) is 0 Å². The first-order chi connectivity index (χ1) is 15.8. The average Bonchev–Trinajstić information content (AvgIpc) is 3.15. The zero-order valence-electron chi connectivity index (χ0n) is 18.1. The van der Waals surface area contributed by atoms with Gasteiger partial charge in [-0.2, -0.15) is 0 Å². The van der Waals surface area contributed by atoms with Gasteiger partial charge in [0.05, 0.1) is 5.41 Å². The van der Waals surface area contributed by atoms with Crippen LogP contribution in [0.5, 0.6) is 0 Å². The molecule has 0 saturated carbocycles. The van der Waals surface area contributed by atoms with Gasteiger partial charge in [0.1, 0.15) is 0 Å². The third-order valence-corrected chi connectivity index (χ3v) is 6.83. The van der Waals surface area contributed by atoms with Gasteiger partial charge in [0, 0.05) is 0 Å². The summed E-state index contributed by atoms with van der Waals surface area (Å²) in [6.07, 6.45) is 0. The summed E-state index contributed by atoms with van der Waals surface area (Å²) >= 11 is 0. The number of fused-ring (bicyclic) bond motifs is 3. The molecule has 32 heavy (non-hydrogen) atoms. The van der Waals surface area contributed by atoms with E-state index in [1.165, 1.54) is 50.1 Å². The summed E-state index contributed by atoms with van der Waals surface area (Å²) in [5, 5.41) is 0. The van der Waals surface area contributed by atoms with Crippen LogP contribution in [0.4, 0.5) is 0 Å². The van der Waals surface area contributed by atoms with Crippen LogP contribution in [0.1, 0.15) is 27.8 Å². The summed E-state index contributed by atoms with van der Waals surface area (Å²) < 4.78 is 0. The average molecular weight is 409 g/mol. The first kappa shape index (κ1) is 18.8. The monoisotopic (exact) mass is 408 g/mol. The van der Waals surface area contributed by atoms with Crippen molar-refractivity contribution in [2.24, 2.45) is 0 Å². The van der Waals surface area contributed by atoms with Gasteiger partial charge in [-0.3, -0.25) is 0 Å². The van der Waals surface area contributed by atoms with Gasteiger partial charge in [0.25, 0.3) is 0 Å². The Morgan fingerprint density at radius 2 is 1.00 bits per heavy atom. The van der Waals surface area contributed by atoms with E-state index in [0.717, 1.165) is 0 Å². The van der Waals surface area contributed by atoms with E-state index in [9.17, 15) is 0 Å². The smallest absolute Gasteiger partial charge is 0.0622 e. The van der Waals surface area contributed by atoms with Crippen molar-refractivity contribution in [2.75, 3.05) is 0 Å². The summed E-state index contributed by atoms with van der Waals surface area (Å²) in [5.41, 5.74) is 11.5. The van der Waals surface area contributed by atoms with Crippen LogP contribution in [0.15, 0.2) is 127 Å². The van der Waals surface area contributed by atoms with E-state index in [2.05, 4.69) is 134 Å². The molecule has 0 spiro atoms. The van der Waals surface area contributed by atoms with Crippen molar-refractivity contribution in [2.45, 2.75) is 12.3 Å². The van der Waals surface area contributed by atoms with Crippen molar-refractivity contribution < 1.29 is 0 Å². The van der Waals surface area contributed by atoms with Gasteiger partial charge >= 0.3 is 0 Å². The Morgan fingerprint density at radius 3 is 1.75 bits per heavy atom. The van der Waals surface area contributed by atoms with Gasteiger partial charge < -0.3 is 0 Å². The molecular formula is C32H24. The lowest BCUT2D eigenvalue weighted by molar-refractivity contribution is 0.767. The summed E-state index contributed by atoms with van der Waals surface area (Å²) in [7, 11) is 0. The SMILES string of the molecule is Cc1ccc2c(c1)C(c1ccccc1)(c1ccc(-c3ccccc3)cc1)c1ccccc1-2. The van der Waals surface area contributed by atoms with E-state index in [4.69, 9.17) is 0 Å². The molecule has 152 valence electrons. The van der Waals surface area contributed by atoms with Crippen molar-refractivity contribution in [1.82, 2.24) is 0 Å². The molecule has 1 unspecified atom stereocenters. The first-order valence-electron chi connectivity index (χ1n) is 11.2. The van der Waals surface area contributed by atoms with Crippen LogP contribution < -0.4 is 0 Å². The van der Waals surface area contributed by atoms with Crippen LogP contribution in [0, 0.1) is 6.92 Å². The minimum atomic E-state index is -0.325. The fourth-order valence-corrected chi connectivity index (χ4v) is 5.41. The minimum absolute atomic E-state index is 0.325. The third kappa shape index (κ3) is 2.70. The normalized spacial score (nSPS) is 16.4. The Kier molecular flexibility index (Phi) is 4.33. The molecule has 0 saturated heterocycles. The van der Waals surface area contributed by atoms with E-state index in [-0.39, 0.29) is 5.41 Å². The molecule has 1 aliphatic rings. The molecule has 1 atom stereocenters. The molecule has 1 aliphatic carbocycles. The molecule has 0 heteroatoms. The summed E-state index contributed by atoms with van der Waals surface area (Å²) in [6.45, 7) is 2.19. The second-order valence-electron chi connectivity index (χ2n) is 8.65. The Balaban J connectivity index is 1.67. The van der Waals surface area contributed by atoms with E-state index < -0.39 is 0 Å². The van der Waals surface area contributed by atoms with Crippen molar-refractivity contribution in [1.29, 1.82) is 0 Å². The van der Waals surface area contributed by atoms with Gasteiger partial charge in [-0.05, 0) is 51.4 Å². The fraction of sp³-hybridized carbons (Fsp3) is 0.0625. The predicted octanol–water partition coefficient (Wildman–Crippen LogP) is 8.03. The van der Waals surface area contributed by atoms with E-state index >= 15 is 0 Å². The lowest BCUT2D eigenvalue weighted by Gasteiger charge is -2.34. The molecule has 6 rings (SSSR count). The molecule has 5 aromatic rings. The number of benzene rings is 5. The Bertz CT molecular complexity index is 1400. The first-order valence-corrected chi connectivity index (χ1v) is 11.2. The Morgan fingerprint density at radius 1 is 0.438 bits per heavy atom. The highest BCUT2D eigenvalue weighted by atomic mass is 14.5. The Labute approximate surface area is 189 Å². The zero-order chi connectivity index (χ0) is 21.5. The molecule has 0 heterocycles. The minimum Gasteiger partial charge on any atom is -0.0622 e. The largest absolute Gasteiger partial charge is 0.0713 e. The lowest BCUT2D eigenvalue weighted by Crippen LogP contribution is -2.28. The fourth-order valence-electron chi connectivity index (χ4n) is 5.41. The van der Waals surface area contributed by atoms with Crippen LogP contribution in [0.25, 0.3) is 22.3 Å². The summed E-state index contributed by atoms with van der Waals surface area (Å²) in [5.74, 6) is 0. The van der Waals surface area contributed by atoms with Crippen LogP contribution in [-0.4, -0.2) is 0 Å². The molecule has 5 aromatic carbocycles.